The van der Waals surface area contributed by atoms with Crippen LogP contribution in [0.4, 0.5) is 5.69 Å². The highest BCUT2D eigenvalue weighted by Crippen LogP contribution is 2.47. The molecule has 4 rings (SSSR count). The molecule has 0 spiro atoms. The average Bonchev–Trinajstić information content (AvgIpc) is 3.18. The van der Waals surface area contributed by atoms with Gasteiger partial charge >= 0.3 is 0 Å². The summed E-state index contributed by atoms with van der Waals surface area (Å²) >= 11 is 0. The maximum atomic E-state index is 12.7. The Balaban J connectivity index is 0.00000131. The molecule has 1 amide bonds. The van der Waals surface area contributed by atoms with Gasteiger partial charge in [-0.25, -0.2) is 0 Å². The first-order chi connectivity index (χ1) is 12.1. The van der Waals surface area contributed by atoms with E-state index in [1.807, 2.05) is 12.1 Å². The average molecular weight is 414 g/mol. The number of amides is 1. The molecule has 0 radical (unpaired) electrons. The smallest absolute Gasteiger partial charge is 0.229 e. The van der Waals surface area contributed by atoms with Crippen molar-refractivity contribution in [1.29, 1.82) is 0 Å². The molecule has 1 aliphatic heterocycles. The third-order valence-corrected chi connectivity index (χ3v) is 6.65. The molecule has 27 heavy (non-hydrogen) atoms. The van der Waals surface area contributed by atoms with Crippen LogP contribution in [-0.2, 0) is 11.3 Å². The summed E-state index contributed by atoms with van der Waals surface area (Å²) in [5, 5.41) is 3.10. The van der Waals surface area contributed by atoms with E-state index in [9.17, 15) is 4.79 Å². The number of halogens is 2. The van der Waals surface area contributed by atoms with Crippen molar-refractivity contribution in [3.05, 3.63) is 29.8 Å². The molecule has 1 aromatic rings. The van der Waals surface area contributed by atoms with E-state index >= 15 is 0 Å². The van der Waals surface area contributed by atoms with Crippen LogP contribution < -0.4 is 11.1 Å². The second-order valence-electron chi connectivity index (χ2n) is 8.61. The first-order valence-corrected chi connectivity index (χ1v) is 9.98. The van der Waals surface area contributed by atoms with Crippen molar-refractivity contribution in [1.82, 2.24) is 4.90 Å². The number of nitrogens with one attached hydrogen (secondary N) is 1. The zero-order chi connectivity index (χ0) is 17.4. The lowest BCUT2D eigenvalue weighted by Crippen LogP contribution is -2.42. The summed E-state index contributed by atoms with van der Waals surface area (Å²) in [6.07, 6.45) is 6.18. The molecule has 4 nitrogen and oxygen atoms in total. The summed E-state index contributed by atoms with van der Waals surface area (Å²) in [6.45, 7) is 5.74. The number of rotatable bonds is 4. The van der Waals surface area contributed by atoms with Gasteiger partial charge in [-0.3, -0.25) is 9.69 Å². The summed E-state index contributed by atoms with van der Waals surface area (Å²) in [7, 11) is 0. The molecule has 1 heterocycles. The number of nitrogens with zero attached hydrogens (tertiary/aromatic N) is 1. The van der Waals surface area contributed by atoms with Gasteiger partial charge in [0, 0.05) is 24.8 Å². The van der Waals surface area contributed by atoms with E-state index in [0.29, 0.717) is 11.8 Å². The van der Waals surface area contributed by atoms with E-state index in [-0.39, 0.29) is 42.7 Å². The Morgan fingerprint density at radius 3 is 2.48 bits per heavy atom. The fraction of sp³-hybridized carbons (Fsp3) is 0.667. The lowest BCUT2D eigenvalue weighted by Gasteiger charge is -2.30. The molecule has 1 saturated heterocycles. The van der Waals surface area contributed by atoms with Gasteiger partial charge < -0.3 is 11.1 Å². The maximum Gasteiger partial charge on any atom is 0.229 e. The molecule has 152 valence electrons. The molecule has 5 atom stereocenters. The van der Waals surface area contributed by atoms with Crippen molar-refractivity contribution in [2.24, 2.45) is 29.4 Å². The molecule has 0 aromatic heterocycles. The highest BCUT2D eigenvalue weighted by Gasteiger charge is 2.49. The molecule has 6 heteroatoms. The predicted octanol–water partition coefficient (Wildman–Crippen LogP) is 4.07. The number of benzene rings is 1. The molecule has 2 bridgehead atoms. The Labute approximate surface area is 175 Å². The summed E-state index contributed by atoms with van der Waals surface area (Å²) < 4.78 is 0. The zero-order valence-electron chi connectivity index (χ0n) is 16.1. The molecular formula is C21H33Cl2N3O. The Morgan fingerprint density at radius 1 is 1.15 bits per heavy atom. The first kappa shape index (κ1) is 22.5. The standard InChI is InChI=1S/C21H31N3O.2ClH/c1-14-3-2-10-24(12-14)13-15-4-8-18(9-5-15)23-21(25)19-16-6-7-17(11-16)20(19)22;;/h4-5,8-9,14,16-17,19-20H,2-3,6-7,10-13,22H2,1H3,(H,23,25);2*1H. The molecule has 1 aromatic carbocycles. The molecule has 2 aliphatic carbocycles. The van der Waals surface area contributed by atoms with Crippen molar-refractivity contribution < 1.29 is 4.79 Å². The van der Waals surface area contributed by atoms with Gasteiger partial charge in [-0.05, 0) is 74.1 Å². The normalized spacial score (nSPS) is 32.4. The van der Waals surface area contributed by atoms with Crippen molar-refractivity contribution in [2.45, 2.75) is 51.6 Å². The van der Waals surface area contributed by atoms with Gasteiger partial charge in [-0.15, -0.1) is 24.8 Å². The number of anilines is 1. The fourth-order valence-electron chi connectivity index (χ4n) is 5.33. The number of carbonyl (C=O) groups excluding carboxylic acids is 1. The minimum atomic E-state index is 0. The number of likely N-dealkylation sites (tertiary alicyclic amines) is 1. The Bertz CT molecular complexity index is 622. The van der Waals surface area contributed by atoms with Gasteiger partial charge in [0.2, 0.25) is 5.91 Å². The van der Waals surface area contributed by atoms with Gasteiger partial charge in [-0.1, -0.05) is 19.1 Å². The number of fused-ring (bicyclic) bond motifs is 2. The monoisotopic (exact) mass is 413 g/mol. The lowest BCUT2D eigenvalue weighted by atomic mass is 9.84. The van der Waals surface area contributed by atoms with Crippen molar-refractivity contribution in [2.75, 3.05) is 18.4 Å². The third-order valence-electron chi connectivity index (χ3n) is 6.65. The van der Waals surface area contributed by atoms with E-state index in [0.717, 1.165) is 24.6 Å². The van der Waals surface area contributed by atoms with E-state index in [1.54, 1.807) is 0 Å². The number of piperidine rings is 1. The Kier molecular flexibility index (Phi) is 7.99. The fourth-order valence-corrected chi connectivity index (χ4v) is 5.33. The Hall–Kier alpha value is -0.810. The van der Waals surface area contributed by atoms with Crippen LogP contribution in [0.2, 0.25) is 0 Å². The molecule has 3 fully saturated rings. The van der Waals surface area contributed by atoms with E-state index in [4.69, 9.17) is 5.73 Å². The number of hydrogen-bond donors (Lipinski definition) is 2. The largest absolute Gasteiger partial charge is 0.327 e. The van der Waals surface area contributed by atoms with Crippen LogP contribution >= 0.6 is 24.8 Å². The van der Waals surface area contributed by atoms with Crippen molar-refractivity contribution >= 4 is 36.4 Å². The van der Waals surface area contributed by atoms with Crippen LogP contribution in [0, 0.1) is 23.7 Å². The molecular weight excluding hydrogens is 381 g/mol. The van der Waals surface area contributed by atoms with Gasteiger partial charge in [0.05, 0.1) is 5.92 Å². The number of carbonyl (C=O) groups is 1. The minimum Gasteiger partial charge on any atom is -0.327 e. The SMILES string of the molecule is CC1CCCN(Cc2ccc(NC(=O)C3C4CCC(C4)C3N)cc2)C1.Cl.Cl. The summed E-state index contributed by atoms with van der Waals surface area (Å²) in [5.74, 6) is 2.00. The molecule has 5 unspecified atom stereocenters. The van der Waals surface area contributed by atoms with Gasteiger partial charge in [0.15, 0.2) is 0 Å². The van der Waals surface area contributed by atoms with Crippen LogP contribution in [0.25, 0.3) is 0 Å². The molecule has 2 saturated carbocycles. The van der Waals surface area contributed by atoms with Crippen LogP contribution in [0.1, 0.15) is 44.6 Å². The van der Waals surface area contributed by atoms with Crippen LogP contribution in [0.3, 0.4) is 0 Å². The van der Waals surface area contributed by atoms with E-state index in [2.05, 4.69) is 29.3 Å². The van der Waals surface area contributed by atoms with Gasteiger partial charge in [0.25, 0.3) is 0 Å². The quantitative estimate of drug-likeness (QED) is 0.781. The van der Waals surface area contributed by atoms with Crippen molar-refractivity contribution in [3.63, 3.8) is 0 Å². The predicted molar refractivity (Wildman–Crippen MR) is 116 cm³/mol. The maximum absolute atomic E-state index is 12.7. The summed E-state index contributed by atoms with van der Waals surface area (Å²) in [6, 6.07) is 8.43. The minimum absolute atomic E-state index is 0. The highest BCUT2D eigenvalue weighted by atomic mass is 35.5. The third kappa shape index (κ3) is 4.97. The van der Waals surface area contributed by atoms with Gasteiger partial charge in [-0.2, -0.15) is 0 Å². The summed E-state index contributed by atoms with van der Waals surface area (Å²) in [4.78, 5) is 15.2. The van der Waals surface area contributed by atoms with Crippen LogP contribution in [0.5, 0.6) is 0 Å². The highest BCUT2D eigenvalue weighted by molar-refractivity contribution is 5.93. The van der Waals surface area contributed by atoms with Crippen LogP contribution in [0.15, 0.2) is 24.3 Å². The topological polar surface area (TPSA) is 58.4 Å². The second-order valence-corrected chi connectivity index (χ2v) is 8.61. The Morgan fingerprint density at radius 2 is 1.85 bits per heavy atom. The first-order valence-electron chi connectivity index (χ1n) is 9.98. The molecule has 3 N–H and O–H groups in total. The van der Waals surface area contributed by atoms with E-state index in [1.165, 1.54) is 44.3 Å². The van der Waals surface area contributed by atoms with Gasteiger partial charge in [0.1, 0.15) is 0 Å². The second kappa shape index (κ2) is 9.60. The van der Waals surface area contributed by atoms with Crippen LogP contribution in [-0.4, -0.2) is 29.9 Å². The number of hydrogen-bond acceptors (Lipinski definition) is 3. The summed E-state index contributed by atoms with van der Waals surface area (Å²) in [5.41, 5.74) is 8.51. The van der Waals surface area contributed by atoms with E-state index < -0.39 is 0 Å². The molecule has 3 aliphatic rings. The lowest BCUT2D eigenvalue weighted by molar-refractivity contribution is -0.121. The number of nitrogens with two attached hydrogens (primary N) is 1. The van der Waals surface area contributed by atoms with Crippen molar-refractivity contribution in [3.8, 4) is 0 Å². The zero-order valence-corrected chi connectivity index (χ0v) is 17.7.